The Bertz CT molecular complexity index is 874. The Balaban J connectivity index is 2.11. The number of aliphatic hydroxyl groups is 1. The molecule has 1 atom stereocenters. The lowest BCUT2D eigenvalue weighted by Crippen LogP contribution is -2.50. The third-order valence-electron chi connectivity index (χ3n) is 4.99. The van der Waals surface area contributed by atoms with Crippen LogP contribution in [0.3, 0.4) is 0 Å². The maximum atomic E-state index is 9.76. The first kappa shape index (κ1) is 22.4. The molecule has 164 valence electrons. The summed E-state index contributed by atoms with van der Waals surface area (Å²) in [6.45, 7) is 12.5. The van der Waals surface area contributed by atoms with Crippen molar-refractivity contribution in [3.8, 4) is 0 Å². The molecule has 1 aliphatic heterocycles. The predicted molar refractivity (Wildman–Crippen MR) is 124 cm³/mol. The first-order valence-electron chi connectivity index (χ1n) is 10.4. The average Bonchev–Trinajstić information content (AvgIpc) is 3.06. The van der Waals surface area contributed by atoms with Crippen molar-refractivity contribution in [2.24, 2.45) is 5.92 Å². The standard InChI is InChI=1S/C21H32ClN7O/c1-12(2)17(11-30)24-21-25-19(23-16-9-7-8-15(22)10-16)18-20(26-21)29(14(5)6)27-28(18)13(3)4/h7-10,12-14,17,27,30H,11H2,1-6H3,(H2,23,24,25,26)/t17-/m0/s1. The summed E-state index contributed by atoms with van der Waals surface area (Å²) in [5.74, 6) is 2.13. The number of nitrogens with zero attached hydrogens (tertiary/aromatic N) is 4. The SMILES string of the molecule is CC(C)[C@H](CO)Nc1nc(Nc2cccc(Cl)c2)c2c(n1)N(C(C)C)NN2C(C)C. The highest BCUT2D eigenvalue weighted by atomic mass is 35.5. The molecule has 9 heteroatoms. The maximum absolute atomic E-state index is 9.76. The largest absolute Gasteiger partial charge is 0.394 e. The van der Waals surface area contributed by atoms with E-state index in [4.69, 9.17) is 21.6 Å². The average molecular weight is 434 g/mol. The van der Waals surface area contributed by atoms with E-state index in [1.807, 2.05) is 29.3 Å². The van der Waals surface area contributed by atoms with Crippen LogP contribution in [0.4, 0.5) is 29.0 Å². The van der Waals surface area contributed by atoms with Gasteiger partial charge in [0.05, 0.1) is 12.6 Å². The minimum Gasteiger partial charge on any atom is -0.394 e. The number of fused-ring (bicyclic) bond motifs is 1. The number of aromatic nitrogens is 2. The number of hydrazine groups is 2. The van der Waals surface area contributed by atoms with Crippen molar-refractivity contribution in [1.82, 2.24) is 15.5 Å². The molecule has 3 rings (SSSR count). The zero-order valence-electron chi connectivity index (χ0n) is 18.4. The molecule has 4 N–H and O–H groups in total. The summed E-state index contributed by atoms with van der Waals surface area (Å²) >= 11 is 6.18. The van der Waals surface area contributed by atoms with Crippen LogP contribution in [-0.2, 0) is 0 Å². The van der Waals surface area contributed by atoms with Gasteiger partial charge in [0, 0.05) is 22.8 Å². The van der Waals surface area contributed by atoms with E-state index in [2.05, 4.69) is 62.7 Å². The topological polar surface area (TPSA) is 88.6 Å². The van der Waals surface area contributed by atoms with Gasteiger partial charge in [0.15, 0.2) is 11.6 Å². The molecule has 0 spiro atoms. The van der Waals surface area contributed by atoms with E-state index in [1.165, 1.54) is 0 Å². The predicted octanol–water partition coefficient (Wildman–Crippen LogP) is 4.17. The van der Waals surface area contributed by atoms with Crippen LogP contribution in [0.2, 0.25) is 5.02 Å². The van der Waals surface area contributed by atoms with Gasteiger partial charge in [0.1, 0.15) is 5.69 Å². The van der Waals surface area contributed by atoms with Gasteiger partial charge in [-0.25, -0.2) is 0 Å². The summed E-state index contributed by atoms with van der Waals surface area (Å²) in [7, 11) is 0. The Hall–Kier alpha value is -2.29. The van der Waals surface area contributed by atoms with Gasteiger partial charge < -0.3 is 15.7 Å². The Kier molecular flexibility index (Phi) is 6.90. The zero-order valence-corrected chi connectivity index (χ0v) is 19.2. The summed E-state index contributed by atoms with van der Waals surface area (Å²) in [4.78, 5) is 9.57. The van der Waals surface area contributed by atoms with E-state index >= 15 is 0 Å². The van der Waals surface area contributed by atoms with Crippen LogP contribution < -0.4 is 26.2 Å². The molecule has 30 heavy (non-hydrogen) atoms. The second-order valence-electron chi connectivity index (χ2n) is 8.41. The maximum Gasteiger partial charge on any atom is 0.227 e. The second-order valence-corrected chi connectivity index (χ2v) is 8.84. The van der Waals surface area contributed by atoms with Crippen molar-refractivity contribution in [1.29, 1.82) is 0 Å². The quantitative estimate of drug-likeness (QED) is 0.493. The van der Waals surface area contributed by atoms with Crippen LogP contribution in [0.15, 0.2) is 24.3 Å². The molecule has 2 aromatic rings. The minimum atomic E-state index is -0.148. The van der Waals surface area contributed by atoms with E-state index in [0.717, 1.165) is 17.2 Å². The first-order chi connectivity index (χ1) is 14.2. The second kappa shape index (κ2) is 9.24. The Morgan fingerprint density at radius 1 is 1.07 bits per heavy atom. The highest BCUT2D eigenvalue weighted by molar-refractivity contribution is 6.30. The summed E-state index contributed by atoms with van der Waals surface area (Å²) in [6.07, 6.45) is 0. The number of anilines is 5. The Labute approximate surface area is 183 Å². The summed E-state index contributed by atoms with van der Waals surface area (Å²) in [6, 6.07) is 7.73. The van der Waals surface area contributed by atoms with Gasteiger partial charge in [0.25, 0.3) is 0 Å². The van der Waals surface area contributed by atoms with Crippen LogP contribution in [0.5, 0.6) is 0 Å². The molecule has 2 heterocycles. The molecule has 0 amide bonds. The number of rotatable bonds is 8. The molecule has 0 unspecified atom stereocenters. The van der Waals surface area contributed by atoms with E-state index in [9.17, 15) is 5.11 Å². The molecule has 0 radical (unpaired) electrons. The molecular weight excluding hydrogens is 402 g/mol. The summed E-state index contributed by atoms with van der Waals surface area (Å²) < 4.78 is 0. The van der Waals surface area contributed by atoms with E-state index in [1.54, 1.807) is 0 Å². The molecule has 0 saturated heterocycles. The van der Waals surface area contributed by atoms with Gasteiger partial charge in [-0.05, 0) is 51.8 Å². The monoisotopic (exact) mass is 433 g/mol. The van der Waals surface area contributed by atoms with Gasteiger partial charge >= 0.3 is 0 Å². The normalized spacial score (nSPS) is 14.6. The molecule has 1 aromatic carbocycles. The van der Waals surface area contributed by atoms with Gasteiger partial charge in [-0.15, -0.1) is 5.53 Å². The molecule has 8 nitrogen and oxygen atoms in total. The Morgan fingerprint density at radius 3 is 2.33 bits per heavy atom. The lowest BCUT2D eigenvalue weighted by Gasteiger charge is -2.27. The smallest absolute Gasteiger partial charge is 0.227 e. The fraction of sp³-hybridized carbons (Fsp3) is 0.524. The summed E-state index contributed by atoms with van der Waals surface area (Å²) in [5.41, 5.74) is 5.14. The van der Waals surface area contributed by atoms with Crippen molar-refractivity contribution in [2.75, 3.05) is 27.3 Å². The van der Waals surface area contributed by atoms with Crippen molar-refractivity contribution in [2.45, 2.75) is 59.7 Å². The molecule has 0 aliphatic carbocycles. The van der Waals surface area contributed by atoms with Crippen LogP contribution in [-0.4, -0.2) is 39.8 Å². The van der Waals surface area contributed by atoms with Crippen molar-refractivity contribution >= 4 is 40.6 Å². The van der Waals surface area contributed by atoms with E-state index in [-0.39, 0.29) is 30.7 Å². The first-order valence-corrected chi connectivity index (χ1v) is 10.8. The fourth-order valence-corrected chi connectivity index (χ4v) is 3.41. The highest BCUT2D eigenvalue weighted by Crippen LogP contribution is 2.41. The number of hydrogen-bond donors (Lipinski definition) is 4. The number of aliphatic hydroxyl groups excluding tert-OH is 1. The minimum absolute atomic E-state index is 0.000565. The number of benzene rings is 1. The molecule has 0 saturated carbocycles. The number of halogens is 1. The highest BCUT2D eigenvalue weighted by Gasteiger charge is 2.35. The molecule has 0 fully saturated rings. The summed E-state index contributed by atoms with van der Waals surface area (Å²) in [5, 5.41) is 21.2. The number of hydrogen-bond acceptors (Lipinski definition) is 8. The lowest BCUT2D eigenvalue weighted by atomic mass is 10.1. The molecule has 1 aliphatic rings. The molecule has 1 aromatic heterocycles. The number of nitrogens with one attached hydrogen (secondary N) is 3. The lowest BCUT2D eigenvalue weighted by molar-refractivity contribution is 0.248. The van der Waals surface area contributed by atoms with Crippen LogP contribution >= 0.6 is 11.6 Å². The zero-order chi connectivity index (χ0) is 22.0. The third kappa shape index (κ3) is 4.71. The van der Waals surface area contributed by atoms with Crippen LogP contribution in [0, 0.1) is 5.92 Å². The van der Waals surface area contributed by atoms with E-state index in [0.29, 0.717) is 16.8 Å². The van der Waals surface area contributed by atoms with Crippen molar-refractivity contribution in [3.05, 3.63) is 29.3 Å². The van der Waals surface area contributed by atoms with Crippen LogP contribution in [0.1, 0.15) is 41.5 Å². The van der Waals surface area contributed by atoms with Gasteiger partial charge in [-0.3, -0.25) is 10.0 Å². The van der Waals surface area contributed by atoms with Crippen molar-refractivity contribution < 1.29 is 5.11 Å². The van der Waals surface area contributed by atoms with Crippen LogP contribution in [0.25, 0.3) is 0 Å². The molecule has 0 bridgehead atoms. The fourth-order valence-electron chi connectivity index (χ4n) is 3.22. The van der Waals surface area contributed by atoms with Gasteiger partial charge in [-0.2, -0.15) is 9.97 Å². The van der Waals surface area contributed by atoms with Crippen molar-refractivity contribution in [3.63, 3.8) is 0 Å². The van der Waals surface area contributed by atoms with E-state index < -0.39 is 0 Å². The Morgan fingerprint density at radius 2 is 1.77 bits per heavy atom. The third-order valence-corrected chi connectivity index (χ3v) is 5.22. The molecular formula is C21H32ClN7O. The van der Waals surface area contributed by atoms with Gasteiger partial charge in [-0.1, -0.05) is 31.5 Å². The van der Waals surface area contributed by atoms with Gasteiger partial charge in [0.2, 0.25) is 5.95 Å².